The topological polar surface area (TPSA) is 53.7 Å². The molecule has 5 heteroatoms. The van der Waals surface area contributed by atoms with Crippen LogP contribution in [0, 0.1) is 0 Å². The van der Waals surface area contributed by atoms with Crippen LogP contribution in [0.2, 0.25) is 0 Å². The molecule has 0 aliphatic carbocycles. The van der Waals surface area contributed by atoms with Gasteiger partial charge in [-0.05, 0) is 34.0 Å². The van der Waals surface area contributed by atoms with E-state index in [-0.39, 0.29) is 0 Å². The molecule has 0 aliphatic heterocycles. The Morgan fingerprint density at radius 1 is 1.25 bits per heavy atom. The van der Waals surface area contributed by atoms with Gasteiger partial charge in [0.05, 0.1) is 25.3 Å². The van der Waals surface area contributed by atoms with E-state index in [0.717, 1.165) is 27.8 Å². The molecule has 0 radical (unpaired) electrons. The quantitative estimate of drug-likeness (QED) is 0.846. The summed E-state index contributed by atoms with van der Waals surface area (Å²) in [7, 11) is 3.23. The fraction of sp³-hybridized carbons (Fsp3) is 0.455. The van der Waals surface area contributed by atoms with Gasteiger partial charge in [0.25, 0.3) is 0 Å². The monoisotopic (exact) mass is 289 g/mol. The normalized spacial score (nSPS) is 10.3. The maximum absolute atomic E-state index is 5.37. The number of hydrogen-bond acceptors (Lipinski definition) is 4. The van der Waals surface area contributed by atoms with Gasteiger partial charge < -0.3 is 9.47 Å². The molecule has 0 aliphatic rings. The zero-order chi connectivity index (χ0) is 12.1. The Morgan fingerprint density at radius 3 is 2.31 bits per heavy atom. The summed E-state index contributed by atoms with van der Waals surface area (Å²) >= 11 is 3.43. The minimum Gasteiger partial charge on any atom is -0.493 e. The molecule has 0 bridgehead atoms. The van der Waals surface area contributed by atoms with Gasteiger partial charge in [-0.25, -0.2) is 5.90 Å². The van der Waals surface area contributed by atoms with Crippen LogP contribution in [0.4, 0.5) is 0 Å². The summed E-state index contributed by atoms with van der Waals surface area (Å²) in [5.41, 5.74) is 2.04. The van der Waals surface area contributed by atoms with Gasteiger partial charge in [-0.1, -0.05) is 6.92 Å². The van der Waals surface area contributed by atoms with E-state index in [1.807, 2.05) is 13.0 Å². The van der Waals surface area contributed by atoms with E-state index >= 15 is 0 Å². The van der Waals surface area contributed by atoms with Crippen molar-refractivity contribution in [2.45, 2.75) is 20.0 Å². The Labute approximate surface area is 104 Å². The van der Waals surface area contributed by atoms with Crippen molar-refractivity contribution >= 4 is 15.9 Å². The number of halogens is 1. The first-order chi connectivity index (χ1) is 7.69. The van der Waals surface area contributed by atoms with E-state index in [0.29, 0.717) is 12.4 Å². The van der Waals surface area contributed by atoms with Crippen LogP contribution in [0.5, 0.6) is 11.5 Å². The average Bonchev–Trinajstić information content (AvgIpc) is 2.28. The average molecular weight is 290 g/mol. The smallest absolute Gasteiger partial charge is 0.175 e. The molecule has 0 aromatic heterocycles. The van der Waals surface area contributed by atoms with Gasteiger partial charge in [0.15, 0.2) is 11.5 Å². The second kappa shape index (κ2) is 6.08. The molecule has 0 unspecified atom stereocenters. The van der Waals surface area contributed by atoms with Crippen molar-refractivity contribution in [1.29, 1.82) is 0 Å². The van der Waals surface area contributed by atoms with Gasteiger partial charge in [0, 0.05) is 5.56 Å². The van der Waals surface area contributed by atoms with Gasteiger partial charge >= 0.3 is 0 Å². The van der Waals surface area contributed by atoms with E-state index in [1.165, 1.54) is 0 Å². The van der Waals surface area contributed by atoms with E-state index in [4.69, 9.17) is 15.4 Å². The van der Waals surface area contributed by atoms with E-state index < -0.39 is 0 Å². The van der Waals surface area contributed by atoms with Crippen molar-refractivity contribution in [3.8, 4) is 11.5 Å². The third-order valence-electron chi connectivity index (χ3n) is 2.39. The molecule has 0 fully saturated rings. The van der Waals surface area contributed by atoms with E-state index in [9.17, 15) is 0 Å². The molecule has 1 aromatic rings. The first-order valence-corrected chi connectivity index (χ1v) is 5.72. The molecule has 0 spiro atoms. The lowest BCUT2D eigenvalue weighted by Gasteiger charge is -2.17. The Balaban J connectivity index is 3.37. The minimum atomic E-state index is 0.349. The molecule has 90 valence electrons. The lowest BCUT2D eigenvalue weighted by molar-refractivity contribution is 0.123. The molecule has 2 N–H and O–H groups in total. The van der Waals surface area contributed by atoms with Crippen molar-refractivity contribution in [1.82, 2.24) is 0 Å². The summed E-state index contributed by atoms with van der Waals surface area (Å²) in [6.07, 6.45) is 0.825. The largest absolute Gasteiger partial charge is 0.493 e. The molecular weight excluding hydrogens is 274 g/mol. The van der Waals surface area contributed by atoms with Crippen molar-refractivity contribution in [3.63, 3.8) is 0 Å². The molecule has 0 saturated carbocycles. The Morgan fingerprint density at radius 2 is 1.88 bits per heavy atom. The Bertz CT molecular complexity index is 369. The zero-order valence-electron chi connectivity index (χ0n) is 9.67. The number of methoxy groups -OCH3 is 2. The highest BCUT2D eigenvalue weighted by molar-refractivity contribution is 9.10. The maximum atomic E-state index is 5.37. The third-order valence-corrected chi connectivity index (χ3v) is 2.98. The number of benzene rings is 1. The SMILES string of the molecule is CCc1c(CON)cc(Br)c(OC)c1OC. The van der Waals surface area contributed by atoms with Gasteiger partial charge in [0.2, 0.25) is 0 Å². The highest BCUT2D eigenvalue weighted by Gasteiger charge is 2.17. The number of nitrogens with two attached hydrogens (primary N) is 1. The summed E-state index contributed by atoms with van der Waals surface area (Å²) in [6, 6.07) is 1.94. The summed E-state index contributed by atoms with van der Waals surface area (Å²) < 4.78 is 11.5. The number of rotatable bonds is 5. The van der Waals surface area contributed by atoms with Crippen molar-refractivity contribution in [2.24, 2.45) is 5.90 Å². The number of hydrogen-bond donors (Lipinski definition) is 1. The first kappa shape index (κ1) is 13.3. The van der Waals surface area contributed by atoms with Crippen LogP contribution in [0.15, 0.2) is 10.5 Å². The van der Waals surface area contributed by atoms with Gasteiger partial charge in [-0.2, -0.15) is 0 Å². The predicted octanol–water partition coefficient (Wildman–Crippen LogP) is 2.42. The van der Waals surface area contributed by atoms with Crippen LogP contribution in [0.3, 0.4) is 0 Å². The van der Waals surface area contributed by atoms with Crippen LogP contribution in [0.25, 0.3) is 0 Å². The summed E-state index contributed by atoms with van der Waals surface area (Å²) in [4.78, 5) is 4.68. The molecule has 1 rings (SSSR count). The minimum absolute atomic E-state index is 0.349. The van der Waals surface area contributed by atoms with Crippen molar-refractivity contribution in [2.75, 3.05) is 14.2 Å². The Hall–Kier alpha value is -0.780. The highest BCUT2D eigenvalue weighted by atomic mass is 79.9. The summed E-state index contributed by atoms with van der Waals surface area (Å²) in [5, 5.41) is 0. The zero-order valence-corrected chi connectivity index (χ0v) is 11.3. The van der Waals surface area contributed by atoms with Gasteiger partial charge in [0.1, 0.15) is 0 Å². The van der Waals surface area contributed by atoms with Crippen LogP contribution in [-0.2, 0) is 17.9 Å². The summed E-state index contributed by atoms with van der Waals surface area (Å²) in [5.74, 6) is 6.53. The molecule has 0 heterocycles. The fourth-order valence-electron chi connectivity index (χ4n) is 1.71. The second-order valence-electron chi connectivity index (χ2n) is 3.23. The molecule has 16 heavy (non-hydrogen) atoms. The van der Waals surface area contributed by atoms with Crippen LogP contribution in [0.1, 0.15) is 18.1 Å². The molecule has 4 nitrogen and oxygen atoms in total. The predicted molar refractivity (Wildman–Crippen MR) is 65.6 cm³/mol. The molecule has 0 atom stereocenters. The Kier molecular flexibility index (Phi) is 5.05. The van der Waals surface area contributed by atoms with Gasteiger partial charge in [-0.15, -0.1) is 0 Å². The lowest BCUT2D eigenvalue weighted by atomic mass is 10.0. The second-order valence-corrected chi connectivity index (χ2v) is 4.08. The molecular formula is C11H16BrNO3. The van der Waals surface area contributed by atoms with Crippen molar-refractivity contribution in [3.05, 3.63) is 21.7 Å². The van der Waals surface area contributed by atoms with Gasteiger partial charge in [-0.3, -0.25) is 4.84 Å². The molecule has 1 aromatic carbocycles. The first-order valence-electron chi connectivity index (χ1n) is 4.93. The lowest BCUT2D eigenvalue weighted by Crippen LogP contribution is -2.05. The maximum Gasteiger partial charge on any atom is 0.175 e. The standard InChI is InChI=1S/C11H16BrNO3/c1-4-8-7(6-16-13)5-9(12)11(15-3)10(8)14-2/h5H,4,6,13H2,1-3H3. The van der Waals surface area contributed by atoms with Crippen LogP contribution >= 0.6 is 15.9 Å². The fourth-order valence-corrected chi connectivity index (χ4v) is 2.33. The van der Waals surface area contributed by atoms with E-state index in [2.05, 4.69) is 20.8 Å². The van der Waals surface area contributed by atoms with E-state index in [1.54, 1.807) is 14.2 Å². The van der Waals surface area contributed by atoms with Crippen molar-refractivity contribution < 1.29 is 14.3 Å². The van der Waals surface area contributed by atoms with Crippen LogP contribution in [-0.4, -0.2) is 14.2 Å². The number of ether oxygens (including phenoxy) is 2. The highest BCUT2D eigenvalue weighted by Crippen LogP contribution is 2.40. The molecule has 0 amide bonds. The van der Waals surface area contributed by atoms with Crippen LogP contribution < -0.4 is 15.4 Å². The third kappa shape index (κ3) is 2.48. The molecule has 0 saturated heterocycles. The summed E-state index contributed by atoms with van der Waals surface area (Å²) in [6.45, 7) is 2.40.